The number of phenols is 1. The summed E-state index contributed by atoms with van der Waals surface area (Å²) in [6.07, 6.45) is 2.26. The topological polar surface area (TPSA) is 26.7 Å². The molecule has 1 aliphatic heterocycles. The largest absolute Gasteiger partial charge is 0.508 e. The van der Waals surface area contributed by atoms with E-state index in [2.05, 4.69) is 41.0 Å². The summed E-state index contributed by atoms with van der Waals surface area (Å²) in [5.41, 5.74) is 3.99. The molecule has 3 nitrogen and oxygen atoms in total. The molecule has 0 spiro atoms. The van der Waals surface area contributed by atoms with E-state index in [0.717, 1.165) is 39.1 Å². The van der Waals surface area contributed by atoms with Crippen molar-refractivity contribution in [3.63, 3.8) is 0 Å². The van der Waals surface area contributed by atoms with Crippen molar-refractivity contribution >= 4 is 5.69 Å². The van der Waals surface area contributed by atoms with Crippen LogP contribution in [0.5, 0.6) is 5.75 Å². The first kappa shape index (κ1) is 15.9. The Bertz CT molecular complexity index is 616. The molecule has 0 saturated carbocycles. The van der Waals surface area contributed by atoms with Crippen LogP contribution in [0.25, 0.3) is 0 Å². The molecular formula is C20H26N2O. The molecule has 1 saturated heterocycles. The molecule has 0 aromatic heterocycles. The third-order valence-corrected chi connectivity index (χ3v) is 4.62. The number of benzene rings is 2. The molecule has 3 rings (SSSR count). The summed E-state index contributed by atoms with van der Waals surface area (Å²) in [7, 11) is 0. The summed E-state index contributed by atoms with van der Waals surface area (Å²) >= 11 is 0. The number of hydrogen-bond donors (Lipinski definition) is 1. The molecule has 1 fully saturated rings. The highest BCUT2D eigenvalue weighted by molar-refractivity contribution is 5.48. The first-order chi connectivity index (χ1) is 11.2. The van der Waals surface area contributed by atoms with E-state index in [1.807, 2.05) is 12.1 Å². The molecular weight excluding hydrogens is 284 g/mol. The fraction of sp³-hybridized carbons (Fsp3) is 0.400. The Morgan fingerprint density at radius 3 is 2.39 bits per heavy atom. The van der Waals surface area contributed by atoms with Gasteiger partial charge in [0.1, 0.15) is 5.75 Å². The molecule has 1 N–H and O–H groups in total. The summed E-state index contributed by atoms with van der Waals surface area (Å²) in [5.74, 6) is 0.348. The molecule has 0 unspecified atom stereocenters. The number of phenolic OH excluding ortho intramolecular Hbond substituents is 1. The molecule has 0 bridgehead atoms. The molecule has 122 valence electrons. The average molecular weight is 310 g/mol. The van der Waals surface area contributed by atoms with Crippen LogP contribution in [-0.4, -0.2) is 42.7 Å². The molecule has 2 aromatic carbocycles. The third kappa shape index (κ3) is 4.49. The zero-order valence-corrected chi connectivity index (χ0v) is 13.9. The lowest BCUT2D eigenvalue weighted by Gasteiger charge is -2.36. The number of hydrogen-bond acceptors (Lipinski definition) is 3. The molecule has 1 aliphatic rings. The monoisotopic (exact) mass is 310 g/mol. The van der Waals surface area contributed by atoms with E-state index in [1.165, 1.54) is 23.2 Å². The summed E-state index contributed by atoms with van der Waals surface area (Å²) in [6.45, 7) is 7.82. The number of rotatable bonds is 5. The molecule has 0 atom stereocenters. The highest BCUT2D eigenvalue weighted by Gasteiger charge is 2.16. The minimum Gasteiger partial charge on any atom is -0.508 e. The number of anilines is 1. The van der Waals surface area contributed by atoms with Crippen molar-refractivity contribution < 1.29 is 5.11 Å². The van der Waals surface area contributed by atoms with Crippen LogP contribution >= 0.6 is 0 Å². The Kier molecular flexibility index (Phi) is 5.19. The van der Waals surface area contributed by atoms with E-state index in [0.29, 0.717) is 5.75 Å². The van der Waals surface area contributed by atoms with Gasteiger partial charge in [-0.15, -0.1) is 0 Å². The maximum Gasteiger partial charge on any atom is 0.115 e. The predicted molar refractivity (Wildman–Crippen MR) is 96.3 cm³/mol. The van der Waals surface area contributed by atoms with Crippen molar-refractivity contribution in [2.45, 2.75) is 19.8 Å². The van der Waals surface area contributed by atoms with Crippen molar-refractivity contribution in [3.05, 3.63) is 59.7 Å². The average Bonchev–Trinajstić information content (AvgIpc) is 2.57. The number of piperazine rings is 1. The van der Waals surface area contributed by atoms with Gasteiger partial charge in [-0.05, 0) is 61.7 Å². The highest BCUT2D eigenvalue weighted by atomic mass is 16.3. The first-order valence-corrected chi connectivity index (χ1v) is 8.52. The summed E-state index contributed by atoms with van der Waals surface area (Å²) < 4.78 is 0. The van der Waals surface area contributed by atoms with Crippen molar-refractivity contribution in [2.75, 3.05) is 37.6 Å². The lowest BCUT2D eigenvalue weighted by Crippen LogP contribution is -2.46. The molecule has 1 heterocycles. The van der Waals surface area contributed by atoms with E-state index in [9.17, 15) is 5.11 Å². The van der Waals surface area contributed by atoms with Crippen LogP contribution in [0.1, 0.15) is 17.5 Å². The van der Waals surface area contributed by atoms with Gasteiger partial charge in [0, 0.05) is 31.9 Å². The van der Waals surface area contributed by atoms with Gasteiger partial charge in [0.25, 0.3) is 0 Å². The Morgan fingerprint density at radius 2 is 1.70 bits per heavy atom. The zero-order valence-electron chi connectivity index (χ0n) is 13.9. The van der Waals surface area contributed by atoms with Crippen LogP contribution in [0, 0.1) is 6.92 Å². The van der Waals surface area contributed by atoms with Crippen molar-refractivity contribution in [3.8, 4) is 5.75 Å². The molecule has 23 heavy (non-hydrogen) atoms. The number of aryl methyl sites for hydroxylation is 2. The van der Waals surface area contributed by atoms with Gasteiger partial charge in [-0.1, -0.05) is 24.3 Å². The Hall–Kier alpha value is -2.00. The van der Waals surface area contributed by atoms with E-state index >= 15 is 0 Å². The Morgan fingerprint density at radius 1 is 0.957 bits per heavy atom. The maximum absolute atomic E-state index is 9.31. The SMILES string of the molecule is Cc1cccc(N2CCN(CCCc3ccc(O)cc3)CC2)c1. The van der Waals surface area contributed by atoms with Gasteiger partial charge < -0.3 is 10.0 Å². The van der Waals surface area contributed by atoms with Crippen LogP contribution in [0.2, 0.25) is 0 Å². The minimum absolute atomic E-state index is 0.348. The van der Waals surface area contributed by atoms with E-state index < -0.39 is 0 Å². The first-order valence-electron chi connectivity index (χ1n) is 8.52. The number of nitrogens with zero attached hydrogens (tertiary/aromatic N) is 2. The van der Waals surface area contributed by atoms with Crippen LogP contribution in [0.3, 0.4) is 0 Å². The predicted octanol–water partition coefficient (Wildman–Crippen LogP) is 3.46. The van der Waals surface area contributed by atoms with Gasteiger partial charge in [-0.3, -0.25) is 4.90 Å². The number of aromatic hydroxyl groups is 1. The molecule has 0 amide bonds. The van der Waals surface area contributed by atoms with Crippen LogP contribution in [0.4, 0.5) is 5.69 Å². The fourth-order valence-corrected chi connectivity index (χ4v) is 3.22. The van der Waals surface area contributed by atoms with E-state index in [1.54, 1.807) is 12.1 Å². The molecule has 3 heteroatoms. The maximum atomic E-state index is 9.31. The van der Waals surface area contributed by atoms with Gasteiger partial charge in [0.2, 0.25) is 0 Å². The summed E-state index contributed by atoms with van der Waals surface area (Å²) in [4.78, 5) is 5.05. The normalized spacial score (nSPS) is 15.8. The zero-order chi connectivity index (χ0) is 16.1. The van der Waals surface area contributed by atoms with Gasteiger partial charge in [-0.2, -0.15) is 0 Å². The fourth-order valence-electron chi connectivity index (χ4n) is 3.22. The Balaban J connectivity index is 1.41. The van der Waals surface area contributed by atoms with Crippen LogP contribution in [0.15, 0.2) is 48.5 Å². The Labute approximate surface area is 139 Å². The van der Waals surface area contributed by atoms with Crippen LogP contribution < -0.4 is 4.90 Å². The molecule has 0 aliphatic carbocycles. The van der Waals surface area contributed by atoms with Crippen molar-refractivity contribution in [1.82, 2.24) is 4.90 Å². The van der Waals surface area contributed by atoms with Crippen molar-refractivity contribution in [1.29, 1.82) is 0 Å². The summed E-state index contributed by atoms with van der Waals surface area (Å²) in [5, 5.41) is 9.31. The quantitative estimate of drug-likeness (QED) is 0.916. The van der Waals surface area contributed by atoms with Crippen molar-refractivity contribution in [2.24, 2.45) is 0 Å². The minimum atomic E-state index is 0.348. The highest BCUT2D eigenvalue weighted by Crippen LogP contribution is 2.18. The van der Waals surface area contributed by atoms with Gasteiger partial charge in [0.05, 0.1) is 0 Å². The smallest absolute Gasteiger partial charge is 0.115 e. The lowest BCUT2D eigenvalue weighted by atomic mass is 10.1. The second-order valence-electron chi connectivity index (χ2n) is 6.44. The van der Waals surface area contributed by atoms with E-state index in [-0.39, 0.29) is 0 Å². The van der Waals surface area contributed by atoms with E-state index in [4.69, 9.17) is 0 Å². The second kappa shape index (κ2) is 7.51. The van der Waals surface area contributed by atoms with Gasteiger partial charge in [-0.25, -0.2) is 0 Å². The third-order valence-electron chi connectivity index (χ3n) is 4.62. The standard InChI is InChI=1S/C20H26N2O/c1-17-4-2-6-19(16-17)22-14-12-21(13-15-22)11-3-5-18-7-9-20(23)10-8-18/h2,4,6-10,16,23H,3,5,11-15H2,1H3. The van der Waals surface area contributed by atoms with Gasteiger partial charge in [0.15, 0.2) is 0 Å². The molecule has 2 aromatic rings. The molecule has 0 radical (unpaired) electrons. The summed E-state index contributed by atoms with van der Waals surface area (Å²) in [6, 6.07) is 16.4. The van der Waals surface area contributed by atoms with Gasteiger partial charge >= 0.3 is 0 Å². The van der Waals surface area contributed by atoms with Crippen LogP contribution in [-0.2, 0) is 6.42 Å². The second-order valence-corrected chi connectivity index (χ2v) is 6.44. The lowest BCUT2D eigenvalue weighted by molar-refractivity contribution is 0.255.